The quantitative estimate of drug-likeness (QED) is 0.808. The van der Waals surface area contributed by atoms with Crippen molar-refractivity contribution in [2.24, 2.45) is 17.6 Å². The van der Waals surface area contributed by atoms with Gasteiger partial charge in [-0.15, -0.1) is 0 Å². The normalized spacial score (nSPS) is 17.9. The molecule has 0 bridgehead atoms. The fourth-order valence-electron chi connectivity index (χ4n) is 2.59. The second-order valence-electron chi connectivity index (χ2n) is 6.21. The van der Waals surface area contributed by atoms with Crippen LogP contribution in [0.1, 0.15) is 19.4 Å². The maximum Gasteiger partial charge on any atom is 0.0594 e. The van der Waals surface area contributed by atoms with Crippen LogP contribution in [0.5, 0.6) is 0 Å². The zero-order chi connectivity index (χ0) is 15.1. The van der Waals surface area contributed by atoms with E-state index in [4.69, 9.17) is 10.5 Å². The third-order valence-corrected chi connectivity index (χ3v) is 4.28. The summed E-state index contributed by atoms with van der Waals surface area (Å²) in [5.41, 5.74) is 8.35. The molecule has 0 spiro atoms. The van der Waals surface area contributed by atoms with Gasteiger partial charge in [-0.3, -0.25) is 4.90 Å². The van der Waals surface area contributed by atoms with Crippen LogP contribution < -0.4 is 11.1 Å². The lowest BCUT2D eigenvalue weighted by Gasteiger charge is -2.26. The van der Waals surface area contributed by atoms with Gasteiger partial charge < -0.3 is 15.8 Å². The SMILES string of the molecule is CC(C)C(CN)CNc1ccc(CN2CCOCC2)cc1. The van der Waals surface area contributed by atoms with Gasteiger partial charge in [-0.2, -0.15) is 0 Å². The van der Waals surface area contributed by atoms with Gasteiger partial charge in [0, 0.05) is 31.9 Å². The van der Waals surface area contributed by atoms with Gasteiger partial charge in [0.1, 0.15) is 0 Å². The Kier molecular flexibility index (Phi) is 6.49. The van der Waals surface area contributed by atoms with Crippen molar-refractivity contribution in [3.63, 3.8) is 0 Å². The third-order valence-electron chi connectivity index (χ3n) is 4.28. The van der Waals surface area contributed by atoms with E-state index in [2.05, 4.69) is 48.3 Å². The Bertz CT molecular complexity index is 399. The highest BCUT2D eigenvalue weighted by atomic mass is 16.5. The van der Waals surface area contributed by atoms with Crippen molar-refractivity contribution >= 4 is 5.69 Å². The summed E-state index contributed by atoms with van der Waals surface area (Å²) < 4.78 is 5.38. The lowest BCUT2D eigenvalue weighted by atomic mass is 9.96. The molecule has 0 aliphatic carbocycles. The lowest BCUT2D eigenvalue weighted by molar-refractivity contribution is 0.0342. The molecule has 1 aliphatic heterocycles. The van der Waals surface area contributed by atoms with Crippen molar-refractivity contribution in [3.05, 3.63) is 29.8 Å². The number of ether oxygens (including phenoxy) is 1. The van der Waals surface area contributed by atoms with E-state index in [9.17, 15) is 0 Å². The molecule has 1 atom stereocenters. The molecule has 4 heteroatoms. The van der Waals surface area contributed by atoms with Gasteiger partial charge >= 0.3 is 0 Å². The number of morpholine rings is 1. The topological polar surface area (TPSA) is 50.5 Å². The number of nitrogens with zero attached hydrogens (tertiary/aromatic N) is 1. The van der Waals surface area contributed by atoms with E-state index in [-0.39, 0.29) is 0 Å². The Morgan fingerprint density at radius 2 is 1.86 bits per heavy atom. The predicted octanol–water partition coefficient (Wildman–Crippen LogP) is 2.16. The first-order valence-corrected chi connectivity index (χ1v) is 8.02. The van der Waals surface area contributed by atoms with E-state index in [1.54, 1.807) is 0 Å². The highest BCUT2D eigenvalue weighted by Gasteiger charge is 2.12. The molecule has 4 nitrogen and oxygen atoms in total. The zero-order valence-electron chi connectivity index (χ0n) is 13.3. The summed E-state index contributed by atoms with van der Waals surface area (Å²) in [6.45, 7) is 10.9. The summed E-state index contributed by atoms with van der Waals surface area (Å²) in [7, 11) is 0. The Labute approximate surface area is 128 Å². The zero-order valence-corrected chi connectivity index (χ0v) is 13.3. The minimum atomic E-state index is 0.526. The molecule has 0 amide bonds. The molecule has 1 aromatic carbocycles. The summed E-state index contributed by atoms with van der Waals surface area (Å²) in [6, 6.07) is 8.77. The molecule has 1 unspecified atom stereocenters. The molecule has 3 N–H and O–H groups in total. The number of hydrogen-bond acceptors (Lipinski definition) is 4. The van der Waals surface area contributed by atoms with E-state index >= 15 is 0 Å². The van der Waals surface area contributed by atoms with Gasteiger partial charge in [0.15, 0.2) is 0 Å². The molecule has 21 heavy (non-hydrogen) atoms. The molecule has 118 valence electrons. The van der Waals surface area contributed by atoms with Crippen LogP contribution in [-0.4, -0.2) is 44.3 Å². The molecule has 0 aromatic heterocycles. The Hall–Kier alpha value is -1.10. The Morgan fingerprint density at radius 3 is 2.43 bits per heavy atom. The van der Waals surface area contributed by atoms with E-state index in [0.717, 1.165) is 45.9 Å². The van der Waals surface area contributed by atoms with Crippen LogP contribution in [-0.2, 0) is 11.3 Å². The molecule has 1 aliphatic rings. The second kappa shape index (κ2) is 8.37. The molecular weight excluding hydrogens is 262 g/mol. The number of rotatable bonds is 7. The van der Waals surface area contributed by atoms with Crippen molar-refractivity contribution in [3.8, 4) is 0 Å². The number of nitrogens with two attached hydrogens (primary N) is 1. The fourth-order valence-corrected chi connectivity index (χ4v) is 2.59. The van der Waals surface area contributed by atoms with E-state index in [0.29, 0.717) is 11.8 Å². The van der Waals surface area contributed by atoms with Gasteiger partial charge in [0.05, 0.1) is 13.2 Å². The number of hydrogen-bond donors (Lipinski definition) is 2. The van der Waals surface area contributed by atoms with Crippen molar-refractivity contribution < 1.29 is 4.74 Å². The van der Waals surface area contributed by atoms with Crippen molar-refractivity contribution in [1.29, 1.82) is 0 Å². The highest BCUT2D eigenvalue weighted by molar-refractivity contribution is 5.44. The maximum absolute atomic E-state index is 5.81. The minimum Gasteiger partial charge on any atom is -0.385 e. The molecule has 2 rings (SSSR count). The van der Waals surface area contributed by atoms with Gasteiger partial charge in [0.25, 0.3) is 0 Å². The summed E-state index contributed by atoms with van der Waals surface area (Å²) in [5, 5.41) is 3.49. The van der Waals surface area contributed by atoms with Crippen molar-refractivity contribution in [1.82, 2.24) is 4.90 Å². The van der Waals surface area contributed by atoms with Gasteiger partial charge in [-0.25, -0.2) is 0 Å². The van der Waals surface area contributed by atoms with Crippen molar-refractivity contribution in [2.45, 2.75) is 20.4 Å². The molecule has 1 heterocycles. The summed E-state index contributed by atoms with van der Waals surface area (Å²) in [4.78, 5) is 2.44. The molecule has 1 aromatic rings. The molecule has 0 radical (unpaired) electrons. The average molecular weight is 291 g/mol. The highest BCUT2D eigenvalue weighted by Crippen LogP contribution is 2.15. The summed E-state index contributed by atoms with van der Waals surface area (Å²) >= 11 is 0. The van der Waals surface area contributed by atoms with Crippen LogP contribution >= 0.6 is 0 Å². The number of anilines is 1. The van der Waals surface area contributed by atoms with E-state index in [1.165, 1.54) is 11.3 Å². The van der Waals surface area contributed by atoms with E-state index < -0.39 is 0 Å². The van der Waals surface area contributed by atoms with E-state index in [1.807, 2.05) is 0 Å². The van der Waals surface area contributed by atoms with Crippen LogP contribution in [0.3, 0.4) is 0 Å². The first-order valence-electron chi connectivity index (χ1n) is 8.02. The number of benzene rings is 1. The first kappa shape index (κ1) is 16.3. The molecule has 1 saturated heterocycles. The van der Waals surface area contributed by atoms with Gasteiger partial charge in [-0.05, 0) is 36.1 Å². The van der Waals surface area contributed by atoms with Gasteiger partial charge in [0.2, 0.25) is 0 Å². The Balaban J connectivity index is 1.81. The van der Waals surface area contributed by atoms with Crippen LogP contribution in [0.2, 0.25) is 0 Å². The maximum atomic E-state index is 5.81. The fraction of sp³-hybridized carbons (Fsp3) is 0.647. The smallest absolute Gasteiger partial charge is 0.0594 e. The lowest BCUT2D eigenvalue weighted by Crippen LogP contribution is -2.35. The largest absolute Gasteiger partial charge is 0.385 e. The average Bonchev–Trinajstić information content (AvgIpc) is 2.50. The molecular formula is C17H29N3O. The minimum absolute atomic E-state index is 0.526. The second-order valence-corrected chi connectivity index (χ2v) is 6.21. The van der Waals surface area contributed by atoms with Crippen LogP contribution in [0, 0.1) is 11.8 Å². The third kappa shape index (κ3) is 5.30. The van der Waals surface area contributed by atoms with Crippen LogP contribution in [0.25, 0.3) is 0 Å². The summed E-state index contributed by atoms with van der Waals surface area (Å²) in [6.07, 6.45) is 0. The van der Waals surface area contributed by atoms with Crippen molar-refractivity contribution in [2.75, 3.05) is 44.7 Å². The predicted molar refractivity (Wildman–Crippen MR) is 88.4 cm³/mol. The first-order chi connectivity index (χ1) is 10.2. The monoisotopic (exact) mass is 291 g/mol. The standard InChI is InChI=1S/C17H29N3O/c1-14(2)16(11-18)12-19-17-5-3-15(4-6-17)13-20-7-9-21-10-8-20/h3-6,14,16,19H,7-13,18H2,1-2H3. The summed E-state index contributed by atoms with van der Waals surface area (Å²) in [5.74, 6) is 1.14. The van der Waals surface area contributed by atoms with Crippen LogP contribution in [0.4, 0.5) is 5.69 Å². The number of nitrogens with one attached hydrogen (secondary N) is 1. The molecule has 1 fully saturated rings. The van der Waals surface area contributed by atoms with Gasteiger partial charge in [-0.1, -0.05) is 26.0 Å². The van der Waals surface area contributed by atoms with Crippen LogP contribution in [0.15, 0.2) is 24.3 Å². The molecule has 0 saturated carbocycles. The Morgan fingerprint density at radius 1 is 1.19 bits per heavy atom.